The van der Waals surface area contributed by atoms with Gasteiger partial charge in [0.2, 0.25) is 0 Å². The van der Waals surface area contributed by atoms with E-state index in [9.17, 15) is 14.5 Å². The van der Waals surface area contributed by atoms with E-state index in [2.05, 4.69) is 10.2 Å². The number of rotatable bonds is 6. The fraction of sp³-hybridized carbons (Fsp3) is 0.538. The van der Waals surface area contributed by atoms with E-state index in [0.717, 1.165) is 51.4 Å². The van der Waals surface area contributed by atoms with Crippen LogP contribution in [0.3, 0.4) is 0 Å². The van der Waals surface area contributed by atoms with Gasteiger partial charge < -0.3 is 10.1 Å². The van der Waals surface area contributed by atoms with Crippen molar-refractivity contribution in [2.75, 3.05) is 44.7 Å². The lowest BCUT2D eigenvalue weighted by Crippen LogP contribution is -2.37. The Balaban J connectivity index is 1.87. The summed E-state index contributed by atoms with van der Waals surface area (Å²) in [5, 5.41) is 13.6. The average Bonchev–Trinajstić information content (AvgIpc) is 2.47. The third-order valence-corrected chi connectivity index (χ3v) is 3.60. The van der Waals surface area contributed by atoms with Crippen molar-refractivity contribution in [2.24, 2.45) is 0 Å². The second kappa shape index (κ2) is 7.53. The van der Waals surface area contributed by atoms with Crippen molar-refractivity contribution >= 4 is 23.0 Å². The number of nitro groups is 1. The Morgan fingerprint density at radius 1 is 1.43 bits per heavy atom. The number of halogens is 2. The predicted molar refractivity (Wildman–Crippen MR) is 78.4 cm³/mol. The maximum Gasteiger partial charge on any atom is 0.294 e. The summed E-state index contributed by atoms with van der Waals surface area (Å²) >= 11 is 5.57. The molecule has 1 heterocycles. The van der Waals surface area contributed by atoms with E-state index in [1.807, 2.05) is 0 Å². The molecule has 0 spiro atoms. The molecule has 0 bridgehead atoms. The minimum Gasteiger partial charge on any atom is -0.379 e. The first-order chi connectivity index (χ1) is 10.1. The summed E-state index contributed by atoms with van der Waals surface area (Å²) in [6.45, 7) is 4.67. The van der Waals surface area contributed by atoms with Gasteiger partial charge in [-0.25, -0.2) is 4.39 Å². The maximum absolute atomic E-state index is 13.4. The van der Waals surface area contributed by atoms with Gasteiger partial charge in [0.1, 0.15) is 11.5 Å². The molecule has 0 amide bonds. The highest BCUT2D eigenvalue weighted by atomic mass is 35.5. The predicted octanol–water partition coefficient (Wildman–Crippen LogP) is 2.52. The normalized spacial score (nSPS) is 15.9. The van der Waals surface area contributed by atoms with Crippen LogP contribution in [0.15, 0.2) is 12.1 Å². The van der Waals surface area contributed by atoms with Gasteiger partial charge in [-0.1, -0.05) is 11.6 Å². The van der Waals surface area contributed by atoms with Gasteiger partial charge >= 0.3 is 0 Å². The number of nitrogens with one attached hydrogen (secondary N) is 1. The van der Waals surface area contributed by atoms with Gasteiger partial charge in [-0.2, -0.15) is 0 Å². The van der Waals surface area contributed by atoms with Crippen LogP contribution in [-0.2, 0) is 4.74 Å². The third kappa shape index (κ3) is 4.52. The van der Waals surface area contributed by atoms with Crippen molar-refractivity contribution in [1.82, 2.24) is 4.90 Å². The number of benzene rings is 1. The van der Waals surface area contributed by atoms with Crippen molar-refractivity contribution in [3.8, 4) is 0 Å². The molecular weight excluding hydrogens is 301 g/mol. The van der Waals surface area contributed by atoms with Gasteiger partial charge in [0.25, 0.3) is 5.69 Å². The number of nitro benzene ring substituents is 1. The first-order valence-corrected chi connectivity index (χ1v) is 7.13. The zero-order valence-electron chi connectivity index (χ0n) is 11.5. The maximum atomic E-state index is 13.4. The minimum atomic E-state index is -0.669. The molecule has 0 saturated carbocycles. The molecule has 1 aromatic carbocycles. The van der Waals surface area contributed by atoms with E-state index in [-0.39, 0.29) is 16.4 Å². The number of hydrogen-bond donors (Lipinski definition) is 1. The molecule has 8 heteroatoms. The molecule has 1 aromatic rings. The van der Waals surface area contributed by atoms with Crippen molar-refractivity contribution in [3.63, 3.8) is 0 Å². The van der Waals surface area contributed by atoms with Crippen molar-refractivity contribution < 1.29 is 14.1 Å². The number of anilines is 1. The molecule has 1 fully saturated rings. The second-order valence-electron chi connectivity index (χ2n) is 4.77. The molecule has 0 atom stereocenters. The Kier molecular flexibility index (Phi) is 5.72. The van der Waals surface area contributed by atoms with E-state index < -0.39 is 10.7 Å². The SMILES string of the molecule is O=[N+]([O-])c1cc(Cl)c(F)cc1NCCCN1CCOCC1. The smallest absolute Gasteiger partial charge is 0.294 e. The molecule has 116 valence electrons. The van der Waals surface area contributed by atoms with Crippen LogP contribution in [0.1, 0.15) is 6.42 Å². The fourth-order valence-electron chi connectivity index (χ4n) is 2.18. The summed E-state index contributed by atoms with van der Waals surface area (Å²) in [4.78, 5) is 12.6. The van der Waals surface area contributed by atoms with Crippen molar-refractivity contribution in [1.29, 1.82) is 0 Å². The van der Waals surface area contributed by atoms with E-state index >= 15 is 0 Å². The largest absolute Gasteiger partial charge is 0.379 e. The second-order valence-corrected chi connectivity index (χ2v) is 5.18. The van der Waals surface area contributed by atoms with Gasteiger partial charge in [-0.15, -0.1) is 0 Å². The van der Waals surface area contributed by atoms with E-state index in [1.165, 1.54) is 0 Å². The zero-order chi connectivity index (χ0) is 15.2. The highest BCUT2D eigenvalue weighted by Crippen LogP contribution is 2.30. The summed E-state index contributed by atoms with van der Waals surface area (Å²) in [7, 11) is 0. The Hall–Kier alpha value is -1.44. The van der Waals surface area contributed by atoms with Crippen molar-refractivity contribution in [3.05, 3.63) is 33.1 Å². The molecule has 2 rings (SSSR count). The highest BCUT2D eigenvalue weighted by Gasteiger charge is 2.17. The molecule has 0 aliphatic carbocycles. The molecule has 0 unspecified atom stereocenters. The first-order valence-electron chi connectivity index (χ1n) is 6.75. The number of morpholine rings is 1. The minimum absolute atomic E-state index is 0.156. The molecule has 6 nitrogen and oxygen atoms in total. The lowest BCUT2D eigenvalue weighted by atomic mass is 10.2. The molecule has 0 aromatic heterocycles. The van der Waals surface area contributed by atoms with Gasteiger partial charge in [0.15, 0.2) is 0 Å². The lowest BCUT2D eigenvalue weighted by molar-refractivity contribution is -0.384. The zero-order valence-corrected chi connectivity index (χ0v) is 12.2. The van der Waals surface area contributed by atoms with E-state index in [1.54, 1.807) is 0 Å². The van der Waals surface area contributed by atoms with Gasteiger partial charge in [-0.05, 0) is 13.0 Å². The number of ether oxygens (including phenoxy) is 1. The van der Waals surface area contributed by atoms with Crippen LogP contribution < -0.4 is 5.32 Å². The van der Waals surface area contributed by atoms with Crippen LogP contribution in [0.5, 0.6) is 0 Å². The Labute approximate surface area is 127 Å². The van der Waals surface area contributed by atoms with E-state index in [4.69, 9.17) is 16.3 Å². The van der Waals surface area contributed by atoms with Gasteiger partial charge in [0.05, 0.1) is 23.2 Å². The Bertz CT molecular complexity index is 510. The molecule has 1 aliphatic heterocycles. The number of hydrogen-bond acceptors (Lipinski definition) is 5. The Morgan fingerprint density at radius 2 is 2.14 bits per heavy atom. The summed E-state index contributed by atoms with van der Waals surface area (Å²) in [6, 6.07) is 2.09. The third-order valence-electron chi connectivity index (χ3n) is 3.31. The summed E-state index contributed by atoms with van der Waals surface area (Å²) < 4.78 is 18.7. The van der Waals surface area contributed by atoms with Crippen LogP contribution in [-0.4, -0.2) is 49.2 Å². The molecule has 1 N–H and O–H groups in total. The standard InChI is InChI=1S/C13H17ClFN3O3/c14-10-8-13(18(19)20)12(9-11(10)15)16-2-1-3-17-4-6-21-7-5-17/h8-9,16H,1-7H2. The fourth-order valence-corrected chi connectivity index (χ4v) is 2.34. The van der Waals surface area contributed by atoms with Gasteiger partial charge in [0, 0.05) is 31.8 Å². The van der Waals surface area contributed by atoms with Crippen LogP contribution in [0.2, 0.25) is 5.02 Å². The first kappa shape index (κ1) is 15.9. The van der Waals surface area contributed by atoms with Crippen molar-refractivity contribution in [2.45, 2.75) is 6.42 Å². The van der Waals surface area contributed by atoms with Crippen LogP contribution in [0, 0.1) is 15.9 Å². The Morgan fingerprint density at radius 3 is 2.81 bits per heavy atom. The van der Waals surface area contributed by atoms with Gasteiger partial charge in [-0.3, -0.25) is 15.0 Å². The number of nitrogens with zero attached hydrogens (tertiary/aromatic N) is 2. The van der Waals surface area contributed by atoms with Crippen LogP contribution in [0.25, 0.3) is 0 Å². The van der Waals surface area contributed by atoms with Crippen LogP contribution in [0.4, 0.5) is 15.8 Å². The summed E-state index contributed by atoms with van der Waals surface area (Å²) in [5.41, 5.74) is -0.0587. The van der Waals surface area contributed by atoms with E-state index in [0.29, 0.717) is 6.54 Å². The highest BCUT2D eigenvalue weighted by molar-refractivity contribution is 6.31. The molecular formula is C13H17ClFN3O3. The summed E-state index contributed by atoms with van der Waals surface area (Å²) in [5.74, 6) is -0.669. The summed E-state index contributed by atoms with van der Waals surface area (Å²) in [6.07, 6.45) is 0.807. The molecule has 1 saturated heterocycles. The molecule has 1 aliphatic rings. The average molecular weight is 318 g/mol. The van der Waals surface area contributed by atoms with Crippen LogP contribution >= 0.6 is 11.6 Å². The quantitative estimate of drug-likeness (QED) is 0.496. The topological polar surface area (TPSA) is 67.6 Å². The molecule has 0 radical (unpaired) electrons. The lowest BCUT2D eigenvalue weighted by Gasteiger charge is -2.26. The monoisotopic (exact) mass is 317 g/mol. The molecule has 21 heavy (non-hydrogen) atoms.